The highest BCUT2D eigenvalue weighted by Crippen LogP contribution is 2.29. The number of hydrogen-bond acceptors (Lipinski definition) is 8. The summed E-state index contributed by atoms with van der Waals surface area (Å²) in [5, 5.41) is 12.6. The predicted molar refractivity (Wildman–Crippen MR) is 129 cm³/mol. The van der Waals surface area contributed by atoms with Crippen LogP contribution in [0.3, 0.4) is 0 Å². The van der Waals surface area contributed by atoms with E-state index in [0.29, 0.717) is 11.6 Å². The van der Waals surface area contributed by atoms with E-state index in [1.807, 2.05) is 0 Å². The highest BCUT2D eigenvalue weighted by atomic mass is 35.5. The molecule has 16 heteroatoms. The molecule has 0 unspecified atom stereocenters. The molecule has 202 valence electrons. The molecule has 0 aliphatic carbocycles. The third kappa shape index (κ3) is 6.26. The minimum absolute atomic E-state index is 0.00905. The maximum absolute atomic E-state index is 14.8. The Hall–Kier alpha value is -4.66. The normalized spacial score (nSPS) is 12.1. The summed E-state index contributed by atoms with van der Waals surface area (Å²) in [6.07, 6.45) is -3.13. The lowest BCUT2D eigenvalue weighted by atomic mass is 10.2. The van der Waals surface area contributed by atoms with Gasteiger partial charge in [0, 0.05) is 31.1 Å². The van der Waals surface area contributed by atoms with E-state index in [1.165, 1.54) is 17.9 Å². The van der Waals surface area contributed by atoms with Crippen LogP contribution in [0, 0.1) is 5.82 Å². The van der Waals surface area contributed by atoms with Crippen LogP contribution in [0.2, 0.25) is 5.15 Å². The molecule has 4 heterocycles. The Labute approximate surface area is 222 Å². The minimum Gasteiger partial charge on any atom is -0.441 e. The standard InChI is InChI=1S/C23H17ClF4N8O3/c1-11(13-4-3-7-29-19(13)24)39-22(38)33-20-18(34-35-36(20)2)15-8-14(25)16(10-30-15)32-21(37)12-5-6-17(31-9-12)23(26,27)28/h3-11H,1-2H3,(H,32,37)(H,33,38)/t11-/m1/s1. The summed E-state index contributed by atoms with van der Waals surface area (Å²) in [5.74, 6) is -1.81. The van der Waals surface area contributed by atoms with E-state index in [1.54, 1.807) is 19.1 Å². The molecule has 0 saturated carbocycles. The number of carbonyl (C=O) groups excluding carboxylic acids is 2. The van der Waals surface area contributed by atoms with Crippen molar-refractivity contribution in [2.24, 2.45) is 7.05 Å². The summed E-state index contributed by atoms with van der Waals surface area (Å²) in [7, 11) is 1.47. The van der Waals surface area contributed by atoms with Gasteiger partial charge in [-0.05, 0) is 25.1 Å². The van der Waals surface area contributed by atoms with Gasteiger partial charge in [0.25, 0.3) is 5.91 Å². The number of alkyl halides is 3. The number of halogens is 5. The minimum atomic E-state index is -4.67. The number of aromatic nitrogens is 6. The average Bonchev–Trinajstić information content (AvgIpc) is 3.24. The molecule has 0 spiro atoms. The van der Waals surface area contributed by atoms with Crippen LogP contribution in [0.15, 0.2) is 48.9 Å². The van der Waals surface area contributed by atoms with Crippen molar-refractivity contribution in [3.8, 4) is 11.4 Å². The van der Waals surface area contributed by atoms with Gasteiger partial charge in [0.05, 0.1) is 23.1 Å². The summed E-state index contributed by atoms with van der Waals surface area (Å²) in [5.41, 5.74) is -1.34. The van der Waals surface area contributed by atoms with Gasteiger partial charge < -0.3 is 10.1 Å². The highest BCUT2D eigenvalue weighted by molar-refractivity contribution is 6.30. The molecule has 0 radical (unpaired) electrons. The molecular weight excluding hydrogens is 548 g/mol. The van der Waals surface area contributed by atoms with Gasteiger partial charge >= 0.3 is 12.3 Å². The lowest BCUT2D eigenvalue weighted by Gasteiger charge is -2.15. The summed E-state index contributed by atoms with van der Waals surface area (Å²) >= 11 is 6.03. The first-order chi connectivity index (χ1) is 18.4. The van der Waals surface area contributed by atoms with E-state index in [-0.39, 0.29) is 33.6 Å². The van der Waals surface area contributed by atoms with Crippen LogP contribution >= 0.6 is 11.6 Å². The zero-order chi connectivity index (χ0) is 28.3. The number of rotatable bonds is 6. The third-order valence-electron chi connectivity index (χ3n) is 5.22. The molecule has 2 amide bonds. The summed E-state index contributed by atoms with van der Waals surface area (Å²) < 4.78 is 59.4. The van der Waals surface area contributed by atoms with Gasteiger partial charge in [0.15, 0.2) is 17.3 Å². The Balaban J connectivity index is 1.47. The Bertz CT molecular complexity index is 1530. The van der Waals surface area contributed by atoms with Crippen molar-refractivity contribution in [1.82, 2.24) is 29.9 Å². The van der Waals surface area contributed by atoms with E-state index >= 15 is 0 Å². The molecule has 0 fully saturated rings. The van der Waals surface area contributed by atoms with Gasteiger partial charge in [-0.15, -0.1) is 5.10 Å². The average molecular weight is 565 g/mol. The van der Waals surface area contributed by atoms with Gasteiger partial charge in [-0.3, -0.25) is 20.1 Å². The van der Waals surface area contributed by atoms with Gasteiger partial charge in [0.1, 0.15) is 17.0 Å². The molecule has 4 aromatic rings. The zero-order valence-electron chi connectivity index (χ0n) is 20.0. The molecule has 0 bridgehead atoms. The lowest BCUT2D eigenvalue weighted by molar-refractivity contribution is -0.141. The van der Waals surface area contributed by atoms with E-state index < -0.39 is 35.8 Å². The van der Waals surface area contributed by atoms with Crippen LogP contribution in [0.5, 0.6) is 0 Å². The molecule has 4 rings (SSSR count). The van der Waals surface area contributed by atoms with Crippen LogP contribution in [-0.4, -0.2) is 41.9 Å². The summed E-state index contributed by atoms with van der Waals surface area (Å²) in [6, 6.07) is 5.75. The number of ether oxygens (including phenoxy) is 1. The molecule has 0 aromatic carbocycles. The smallest absolute Gasteiger partial charge is 0.433 e. The quantitative estimate of drug-likeness (QED) is 0.245. The van der Waals surface area contributed by atoms with Crippen LogP contribution in [0.1, 0.15) is 34.6 Å². The van der Waals surface area contributed by atoms with Crippen LogP contribution in [0.25, 0.3) is 11.4 Å². The Kier molecular flexibility index (Phi) is 7.71. The number of amides is 2. The van der Waals surface area contributed by atoms with Crippen molar-refractivity contribution in [3.63, 3.8) is 0 Å². The van der Waals surface area contributed by atoms with Gasteiger partial charge in [-0.1, -0.05) is 22.9 Å². The van der Waals surface area contributed by atoms with Crippen molar-refractivity contribution < 1.29 is 31.9 Å². The van der Waals surface area contributed by atoms with Crippen LogP contribution in [-0.2, 0) is 18.0 Å². The summed E-state index contributed by atoms with van der Waals surface area (Å²) in [6.45, 7) is 1.59. The SMILES string of the molecule is C[C@@H](OC(=O)Nc1c(-c2cc(F)c(NC(=O)c3ccc(C(F)(F)F)nc3)cn2)nnn1C)c1cccnc1Cl. The largest absolute Gasteiger partial charge is 0.441 e. The van der Waals surface area contributed by atoms with Crippen LogP contribution in [0.4, 0.5) is 33.9 Å². The molecular formula is C23H17ClF4N8O3. The number of nitrogens with zero attached hydrogens (tertiary/aromatic N) is 6. The maximum atomic E-state index is 14.8. The molecule has 1 atom stereocenters. The predicted octanol–water partition coefficient (Wildman–Crippen LogP) is 5.04. The molecule has 39 heavy (non-hydrogen) atoms. The number of hydrogen-bond donors (Lipinski definition) is 2. The molecule has 0 aliphatic heterocycles. The fourth-order valence-electron chi connectivity index (χ4n) is 3.26. The number of aryl methyl sites for hydroxylation is 1. The second kappa shape index (κ2) is 11.0. The molecule has 0 aliphatic rings. The van der Waals surface area contributed by atoms with Crippen molar-refractivity contribution >= 4 is 35.1 Å². The van der Waals surface area contributed by atoms with E-state index in [9.17, 15) is 27.2 Å². The van der Waals surface area contributed by atoms with Gasteiger partial charge in [0.2, 0.25) is 0 Å². The number of nitrogens with one attached hydrogen (secondary N) is 2. The molecule has 2 N–H and O–H groups in total. The van der Waals surface area contributed by atoms with Crippen molar-refractivity contribution in [3.05, 3.63) is 76.7 Å². The Morgan fingerprint density at radius 2 is 1.87 bits per heavy atom. The van der Waals surface area contributed by atoms with Crippen molar-refractivity contribution in [2.45, 2.75) is 19.2 Å². The Morgan fingerprint density at radius 3 is 2.51 bits per heavy atom. The second-order valence-corrected chi connectivity index (χ2v) is 8.26. The first-order valence-electron chi connectivity index (χ1n) is 10.9. The monoisotopic (exact) mass is 564 g/mol. The fourth-order valence-corrected chi connectivity index (χ4v) is 3.54. The first-order valence-corrected chi connectivity index (χ1v) is 11.3. The number of pyridine rings is 3. The maximum Gasteiger partial charge on any atom is 0.433 e. The van der Waals surface area contributed by atoms with Crippen molar-refractivity contribution in [2.75, 3.05) is 10.6 Å². The zero-order valence-corrected chi connectivity index (χ0v) is 20.7. The lowest BCUT2D eigenvalue weighted by Crippen LogP contribution is -2.18. The molecule has 0 saturated heterocycles. The van der Waals surface area contributed by atoms with E-state index in [4.69, 9.17) is 16.3 Å². The summed E-state index contributed by atoms with van der Waals surface area (Å²) in [4.78, 5) is 36.0. The van der Waals surface area contributed by atoms with E-state index in [2.05, 4.69) is 35.9 Å². The Morgan fingerprint density at radius 1 is 1.10 bits per heavy atom. The topological polar surface area (TPSA) is 137 Å². The number of anilines is 2. The van der Waals surface area contributed by atoms with Crippen molar-refractivity contribution in [1.29, 1.82) is 0 Å². The highest BCUT2D eigenvalue weighted by Gasteiger charge is 2.32. The molecule has 11 nitrogen and oxygen atoms in total. The third-order valence-corrected chi connectivity index (χ3v) is 5.53. The second-order valence-electron chi connectivity index (χ2n) is 7.90. The fraction of sp³-hybridized carbons (Fsp3) is 0.174. The number of carbonyl (C=O) groups is 2. The molecule has 4 aromatic heterocycles. The first kappa shape index (κ1) is 27.4. The van der Waals surface area contributed by atoms with Crippen LogP contribution < -0.4 is 10.6 Å². The van der Waals surface area contributed by atoms with Gasteiger partial charge in [-0.25, -0.2) is 18.9 Å². The van der Waals surface area contributed by atoms with Gasteiger partial charge in [-0.2, -0.15) is 13.2 Å². The van der Waals surface area contributed by atoms with E-state index in [0.717, 1.165) is 24.5 Å².